The lowest BCUT2D eigenvalue weighted by Crippen LogP contribution is -2.78. The van der Waals surface area contributed by atoms with Crippen LogP contribution in [0, 0.1) is 6.92 Å². The molecular weight excluding hydrogens is 591 g/mol. The average Bonchev–Trinajstić information content (AvgIpc) is 3.24. The van der Waals surface area contributed by atoms with Crippen molar-refractivity contribution >= 4 is 40.6 Å². The van der Waals surface area contributed by atoms with E-state index in [0.29, 0.717) is 47.1 Å². The molecule has 43 heavy (non-hydrogen) atoms. The number of rotatable bonds is 7. The Morgan fingerprint density at radius 1 is 1.12 bits per heavy atom. The minimum absolute atomic E-state index is 0.0600. The number of aryl methyl sites for hydroxylation is 1. The van der Waals surface area contributed by atoms with Gasteiger partial charge in [-0.2, -0.15) is 0 Å². The van der Waals surface area contributed by atoms with Crippen molar-refractivity contribution in [1.82, 2.24) is 0 Å². The standard InChI is InChI=1S/C25H23F3N2O4S.C4H11NO3/c1-5-30-18-11-15(13(2)8-17(18)24(3,4)12-21(30)31)16-9-14(6-7-19(16)34-25(26,27)28)10-20-22(32)29-23(33)35-20;5-4(1-6,2-7)3-8/h6-11H,5,12H2,1-4H3,(H,29,32,33);6-8H,1-3,5H2/b20-10-;. The molecule has 0 aliphatic carbocycles. The summed E-state index contributed by atoms with van der Waals surface area (Å²) in [5, 5.41) is 36.0. The Kier molecular flexibility index (Phi) is 10.3. The first-order chi connectivity index (χ1) is 20.0. The van der Waals surface area contributed by atoms with E-state index in [1.165, 1.54) is 24.3 Å². The van der Waals surface area contributed by atoms with Gasteiger partial charge in [-0.05, 0) is 60.4 Å². The molecule has 2 aliphatic heterocycles. The first-order valence-corrected chi connectivity index (χ1v) is 14.0. The monoisotopic (exact) mass is 625 g/mol. The Labute approximate surface area is 250 Å². The molecule has 14 heteroatoms. The number of carbonyl (C=O) groups excluding carboxylic acids is 2. The number of halogens is 3. The third-order valence-corrected chi connectivity index (χ3v) is 7.78. The van der Waals surface area contributed by atoms with Crippen LogP contribution in [-0.2, 0) is 15.0 Å². The summed E-state index contributed by atoms with van der Waals surface area (Å²) in [6, 6.07) is 7.62. The molecule has 2 amide bonds. The van der Waals surface area contributed by atoms with Gasteiger partial charge in [0, 0.05) is 34.9 Å². The average molecular weight is 626 g/mol. The minimum atomic E-state index is -4.92. The maximum Gasteiger partial charge on any atom is 0.573 e. The van der Waals surface area contributed by atoms with Gasteiger partial charge in [0.2, 0.25) is 5.91 Å². The van der Waals surface area contributed by atoms with Crippen LogP contribution in [0.3, 0.4) is 0 Å². The number of carbonyl (C=O) groups is 2. The van der Waals surface area contributed by atoms with Gasteiger partial charge in [0.1, 0.15) is 25.6 Å². The van der Waals surface area contributed by atoms with Gasteiger partial charge in [-0.15, -0.1) is 13.2 Å². The van der Waals surface area contributed by atoms with E-state index in [4.69, 9.17) is 15.3 Å². The molecule has 0 bridgehead atoms. The number of thioether (sulfide) groups is 1. The highest BCUT2D eigenvalue weighted by atomic mass is 32.2. The second kappa shape index (κ2) is 13.1. The minimum Gasteiger partial charge on any atom is -0.853 e. The van der Waals surface area contributed by atoms with Crippen molar-refractivity contribution in [3.05, 3.63) is 51.9 Å². The molecule has 2 aromatic rings. The van der Waals surface area contributed by atoms with Gasteiger partial charge < -0.3 is 35.8 Å². The maximum absolute atomic E-state index is 13.2. The number of nitrogens with zero attached hydrogens (tertiary/aromatic N) is 2. The van der Waals surface area contributed by atoms with Crippen LogP contribution in [0.1, 0.15) is 43.9 Å². The zero-order valence-electron chi connectivity index (χ0n) is 24.1. The van der Waals surface area contributed by atoms with E-state index < -0.39 is 34.2 Å². The molecule has 0 fully saturated rings. The number of aliphatic hydroxyl groups is 3. The number of amides is 2. The highest BCUT2D eigenvalue weighted by molar-refractivity contribution is 8.18. The lowest BCUT2D eigenvalue weighted by Gasteiger charge is -2.39. The number of anilines is 1. The van der Waals surface area contributed by atoms with Crippen molar-refractivity contribution in [2.24, 2.45) is 4.99 Å². The Balaban J connectivity index is 0.000000557. The number of aliphatic imine (C=N–C) groups is 1. The highest BCUT2D eigenvalue weighted by Gasteiger charge is 2.37. The van der Waals surface area contributed by atoms with E-state index in [1.54, 1.807) is 17.9 Å². The number of ether oxygens (including phenoxy) is 1. The van der Waals surface area contributed by atoms with Crippen LogP contribution in [0.5, 0.6) is 5.75 Å². The second-order valence-corrected chi connectivity index (χ2v) is 11.9. The zero-order chi connectivity index (χ0) is 32.3. The van der Waals surface area contributed by atoms with Crippen LogP contribution in [0.2, 0.25) is 0 Å². The summed E-state index contributed by atoms with van der Waals surface area (Å²) in [7, 11) is 0. The zero-order valence-corrected chi connectivity index (χ0v) is 24.9. The highest BCUT2D eigenvalue weighted by Crippen LogP contribution is 2.45. The molecule has 234 valence electrons. The number of quaternary nitrogens is 1. The topological polar surface area (TPSA) is 170 Å². The molecule has 2 aliphatic rings. The van der Waals surface area contributed by atoms with E-state index >= 15 is 0 Å². The van der Waals surface area contributed by atoms with Gasteiger partial charge in [0.15, 0.2) is 5.54 Å². The molecule has 0 atom stereocenters. The van der Waals surface area contributed by atoms with Crippen LogP contribution in [0.15, 0.2) is 40.2 Å². The van der Waals surface area contributed by atoms with Gasteiger partial charge in [-0.1, -0.05) is 37.7 Å². The summed E-state index contributed by atoms with van der Waals surface area (Å²) in [5.41, 5.74) is 5.26. The smallest absolute Gasteiger partial charge is 0.573 e. The number of aliphatic hydroxyl groups excluding tert-OH is 3. The van der Waals surface area contributed by atoms with Crippen molar-refractivity contribution in [2.45, 2.75) is 51.4 Å². The summed E-state index contributed by atoms with van der Waals surface area (Å²) in [5.74, 6) is -1.17. The Bertz CT molecular complexity index is 1450. The predicted molar refractivity (Wildman–Crippen MR) is 154 cm³/mol. The fourth-order valence-electron chi connectivity index (χ4n) is 4.55. The van der Waals surface area contributed by atoms with Gasteiger partial charge in [0.25, 0.3) is 5.91 Å². The molecule has 0 spiro atoms. The van der Waals surface area contributed by atoms with Gasteiger partial charge in [-0.25, -0.2) is 4.99 Å². The molecule has 0 aromatic heterocycles. The number of hydrogen-bond acceptors (Lipinski definition) is 8. The largest absolute Gasteiger partial charge is 0.853 e. The Hall–Kier alpha value is -3.43. The van der Waals surface area contributed by atoms with Crippen LogP contribution in [0.4, 0.5) is 18.9 Å². The Morgan fingerprint density at radius 2 is 1.74 bits per heavy atom. The fourth-order valence-corrected chi connectivity index (χ4v) is 5.20. The Morgan fingerprint density at radius 3 is 2.23 bits per heavy atom. The number of alkyl halides is 3. The molecule has 2 heterocycles. The van der Waals surface area contributed by atoms with Crippen molar-refractivity contribution in [2.75, 3.05) is 31.3 Å². The maximum atomic E-state index is 13.2. The van der Waals surface area contributed by atoms with Crippen molar-refractivity contribution < 1.29 is 53.7 Å². The van der Waals surface area contributed by atoms with Gasteiger partial charge >= 0.3 is 6.36 Å². The number of hydrogen-bond donors (Lipinski definition) is 4. The molecular formula is C29H34F3N3O7S. The quantitative estimate of drug-likeness (QED) is 0.338. The summed E-state index contributed by atoms with van der Waals surface area (Å²) in [6.45, 7) is 7.09. The first-order valence-electron chi connectivity index (χ1n) is 13.2. The molecule has 0 saturated heterocycles. The van der Waals surface area contributed by atoms with E-state index in [0.717, 1.165) is 5.56 Å². The third kappa shape index (κ3) is 7.95. The molecule has 0 saturated carbocycles. The van der Waals surface area contributed by atoms with Crippen molar-refractivity contribution in [1.29, 1.82) is 0 Å². The first kappa shape index (κ1) is 34.1. The lowest BCUT2D eigenvalue weighted by atomic mass is 9.75. The molecule has 2 aromatic carbocycles. The van der Waals surface area contributed by atoms with Gasteiger partial charge in [-0.3, -0.25) is 9.59 Å². The number of benzene rings is 2. The molecule has 6 N–H and O–H groups in total. The van der Waals surface area contributed by atoms with E-state index in [9.17, 15) is 27.9 Å². The van der Waals surface area contributed by atoms with Crippen molar-refractivity contribution in [3.8, 4) is 16.9 Å². The van der Waals surface area contributed by atoms with E-state index in [1.807, 2.05) is 26.8 Å². The fraction of sp³-hybridized carbons (Fsp3) is 0.414. The SMILES string of the molecule is CCN1C(=O)CC(C)(C)c2cc(C)c(-c3cc(/C=C4\SC([O-])=NC4=O)ccc3OC(F)(F)F)cc21.[NH3+]C(CO)(CO)CO. The normalized spacial score (nSPS) is 17.4. The molecule has 0 unspecified atom stereocenters. The van der Waals surface area contributed by atoms with Crippen LogP contribution < -0.4 is 20.5 Å². The predicted octanol–water partition coefficient (Wildman–Crippen LogP) is 1.87. The third-order valence-electron chi connectivity index (χ3n) is 7.00. The van der Waals surface area contributed by atoms with Crippen LogP contribution in [0.25, 0.3) is 17.2 Å². The van der Waals surface area contributed by atoms with Gasteiger partial charge in [0.05, 0.1) is 4.91 Å². The van der Waals surface area contributed by atoms with E-state index in [-0.39, 0.29) is 36.2 Å². The summed E-state index contributed by atoms with van der Waals surface area (Å²) in [4.78, 5) is 29.7. The lowest BCUT2D eigenvalue weighted by molar-refractivity contribution is -0.494. The summed E-state index contributed by atoms with van der Waals surface area (Å²) >= 11 is 0.660. The molecule has 4 rings (SSSR count). The second-order valence-electron chi connectivity index (χ2n) is 11.0. The van der Waals surface area contributed by atoms with Crippen LogP contribution in [-0.4, -0.2) is 70.6 Å². The number of fused-ring (bicyclic) bond motifs is 1. The molecule has 10 nitrogen and oxygen atoms in total. The van der Waals surface area contributed by atoms with Crippen molar-refractivity contribution in [3.63, 3.8) is 0 Å². The van der Waals surface area contributed by atoms with Crippen LogP contribution >= 0.6 is 11.8 Å². The summed E-state index contributed by atoms with van der Waals surface area (Å²) < 4.78 is 44.0. The molecule has 0 radical (unpaired) electrons. The van der Waals surface area contributed by atoms with E-state index in [2.05, 4.69) is 15.5 Å². The summed E-state index contributed by atoms with van der Waals surface area (Å²) in [6.07, 6.45) is -3.19.